The number of carbonyl (C=O) groups excluding carboxylic acids is 2. The van der Waals surface area contributed by atoms with Crippen molar-refractivity contribution in [2.45, 2.75) is 19.1 Å². The molecule has 0 aliphatic carbocycles. The van der Waals surface area contributed by atoms with Crippen molar-refractivity contribution in [2.24, 2.45) is 0 Å². The molecule has 26 heavy (non-hydrogen) atoms. The third-order valence-electron chi connectivity index (χ3n) is 3.87. The standard InChI is InChI=1S/C15H13N3O6S2/c16-9(13(20)21)4-17-10-6-25-5-8(10)12(19)18(15(17)24)3-7-1-2-26-11(7)14(22)23/h1-2,5-6,9H,3-4,16H2,(H,20,21)(H,22,23)/p-1/t9-/m0/s1. The van der Waals surface area contributed by atoms with Crippen LogP contribution in [0.2, 0.25) is 0 Å². The summed E-state index contributed by atoms with van der Waals surface area (Å²) in [5, 5.41) is 27.0. The van der Waals surface area contributed by atoms with E-state index >= 15 is 0 Å². The Morgan fingerprint density at radius 1 is 1.19 bits per heavy atom. The van der Waals surface area contributed by atoms with Gasteiger partial charge in [-0.2, -0.15) is 0 Å². The van der Waals surface area contributed by atoms with E-state index in [0.29, 0.717) is 5.52 Å². The number of quaternary nitrogens is 1. The molecule has 3 heterocycles. The average molecular weight is 394 g/mol. The van der Waals surface area contributed by atoms with E-state index in [0.717, 1.165) is 20.5 Å². The highest BCUT2D eigenvalue weighted by molar-refractivity contribution is 7.12. The molecule has 0 bridgehead atoms. The summed E-state index contributed by atoms with van der Waals surface area (Å²) in [4.78, 5) is 47.5. The molecule has 11 heteroatoms. The quantitative estimate of drug-likeness (QED) is 0.472. The number of aromatic carboxylic acids is 1. The zero-order valence-corrected chi connectivity index (χ0v) is 14.8. The van der Waals surface area contributed by atoms with E-state index in [1.165, 1.54) is 22.8 Å². The summed E-state index contributed by atoms with van der Waals surface area (Å²) in [5.74, 6) is -2.81. The van der Waals surface area contributed by atoms with Crippen molar-refractivity contribution >= 4 is 45.5 Å². The lowest BCUT2D eigenvalue weighted by atomic mass is 10.2. The van der Waals surface area contributed by atoms with Crippen LogP contribution in [0.3, 0.4) is 0 Å². The van der Waals surface area contributed by atoms with Crippen LogP contribution < -0.4 is 27.2 Å². The summed E-state index contributed by atoms with van der Waals surface area (Å²) < 4.78 is 2.03. The second-order valence-corrected chi connectivity index (χ2v) is 7.19. The number of nitrogens with zero attached hydrogens (tertiary/aromatic N) is 2. The molecule has 0 fully saturated rings. The molecule has 0 aliphatic rings. The van der Waals surface area contributed by atoms with Crippen LogP contribution in [0, 0.1) is 0 Å². The molecule has 0 radical (unpaired) electrons. The molecule has 3 rings (SSSR count). The summed E-state index contributed by atoms with van der Waals surface area (Å²) in [6, 6.07) is 0.302. The number of hydrogen-bond donors (Lipinski definition) is 1. The maximum absolute atomic E-state index is 12.8. The smallest absolute Gasteiger partial charge is 0.332 e. The highest BCUT2D eigenvalue weighted by Gasteiger charge is 2.19. The Hall–Kier alpha value is -2.76. The van der Waals surface area contributed by atoms with E-state index in [-0.39, 0.29) is 28.9 Å². The Morgan fingerprint density at radius 3 is 2.58 bits per heavy atom. The maximum atomic E-state index is 12.8. The second kappa shape index (κ2) is 6.86. The summed E-state index contributed by atoms with van der Waals surface area (Å²) >= 11 is 2.12. The van der Waals surface area contributed by atoms with Gasteiger partial charge in [0.1, 0.15) is 12.0 Å². The zero-order chi connectivity index (χ0) is 19.0. The molecular weight excluding hydrogens is 382 g/mol. The Kier molecular flexibility index (Phi) is 4.76. The SMILES string of the molecule is [NH3+][C@@H](Cn1c(=O)n(Cc2ccsc2C(=O)[O-])c(=O)c2cscc21)C(=O)[O-]. The van der Waals surface area contributed by atoms with Gasteiger partial charge in [0.2, 0.25) is 0 Å². The van der Waals surface area contributed by atoms with Gasteiger partial charge in [-0.25, -0.2) is 4.79 Å². The fourth-order valence-corrected chi connectivity index (χ4v) is 4.12. The van der Waals surface area contributed by atoms with Gasteiger partial charge in [-0.1, -0.05) is 0 Å². The summed E-state index contributed by atoms with van der Waals surface area (Å²) in [6.07, 6.45) is 0. The van der Waals surface area contributed by atoms with Crippen LogP contribution in [-0.4, -0.2) is 27.1 Å². The van der Waals surface area contributed by atoms with E-state index in [1.54, 1.807) is 10.8 Å². The fraction of sp³-hybridized carbons (Fsp3) is 0.200. The van der Waals surface area contributed by atoms with E-state index in [4.69, 9.17) is 0 Å². The van der Waals surface area contributed by atoms with Crippen molar-refractivity contribution in [1.82, 2.24) is 9.13 Å². The molecule has 0 aliphatic heterocycles. The van der Waals surface area contributed by atoms with Crippen LogP contribution in [0.25, 0.3) is 10.9 Å². The molecule has 136 valence electrons. The molecule has 3 aromatic rings. The van der Waals surface area contributed by atoms with E-state index < -0.39 is 29.2 Å². The number of aliphatic carboxylic acids is 1. The number of aromatic nitrogens is 2. The molecule has 3 aromatic heterocycles. The first kappa shape index (κ1) is 18.0. The van der Waals surface area contributed by atoms with E-state index in [2.05, 4.69) is 5.73 Å². The van der Waals surface area contributed by atoms with Crippen LogP contribution in [0.5, 0.6) is 0 Å². The lowest BCUT2D eigenvalue weighted by molar-refractivity contribution is -0.439. The first-order valence-corrected chi connectivity index (χ1v) is 9.14. The zero-order valence-electron chi connectivity index (χ0n) is 13.2. The van der Waals surface area contributed by atoms with Crippen molar-refractivity contribution in [3.05, 3.63) is 53.5 Å². The minimum atomic E-state index is -1.42. The molecule has 9 nitrogen and oxygen atoms in total. The molecule has 1 atom stereocenters. The number of fused-ring (bicyclic) bond motifs is 1. The van der Waals surface area contributed by atoms with Crippen molar-refractivity contribution in [1.29, 1.82) is 0 Å². The topological polar surface area (TPSA) is 152 Å². The Balaban J connectivity index is 2.18. The fourth-order valence-electron chi connectivity index (χ4n) is 2.56. The minimum Gasteiger partial charge on any atom is -0.544 e. The Bertz CT molecular complexity index is 1120. The number of carbonyl (C=O) groups is 2. The van der Waals surface area contributed by atoms with Gasteiger partial charge >= 0.3 is 5.69 Å². The number of carboxylic acids is 2. The number of hydrogen-bond acceptors (Lipinski definition) is 8. The van der Waals surface area contributed by atoms with Gasteiger partial charge in [0.15, 0.2) is 0 Å². The molecule has 3 N–H and O–H groups in total. The van der Waals surface area contributed by atoms with Gasteiger partial charge in [0, 0.05) is 10.8 Å². The molecular formula is C15H12N3O6S2-. The number of rotatable bonds is 6. The van der Waals surface area contributed by atoms with E-state index in [9.17, 15) is 29.4 Å². The normalized spacial score (nSPS) is 12.3. The van der Waals surface area contributed by atoms with Crippen molar-refractivity contribution in [3.8, 4) is 0 Å². The van der Waals surface area contributed by atoms with Gasteiger partial charge < -0.3 is 25.5 Å². The van der Waals surface area contributed by atoms with Gasteiger partial charge in [0.05, 0.1) is 34.8 Å². The Morgan fingerprint density at radius 2 is 1.92 bits per heavy atom. The molecule has 0 unspecified atom stereocenters. The molecule has 0 aromatic carbocycles. The Labute approximate surface area is 153 Å². The van der Waals surface area contributed by atoms with Crippen molar-refractivity contribution < 1.29 is 25.5 Å². The van der Waals surface area contributed by atoms with Gasteiger partial charge in [-0.3, -0.25) is 13.9 Å². The van der Waals surface area contributed by atoms with Crippen LogP contribution >= 0.6 is 22.7 Å². The summed E-state index contributed by atoms with van der Waals surface area (Å²) in [7, 11) is 0. The highest BCUT2D eigenvalue weighted by atomic mass is 32.1. The van der Waals surface area contributed by atoms with Crippen LogP contribution in [-0.2, 0) is 17.9 Å². The summed E-state index contributed by atoms with van der Waals surface area (Å²) in [5.41, 5.74) is 2.69. The predicted octanol–water partition coefficient (Wildman–Crippen LogP) is -2.94. The molecule has 0 saturated carbocycles. The molecule has 0 amide bonds. The van der Waals surface area contributed by atoms with Gasteiger partial charge in [0.25, 0.3) is 5.56 Å². The van der Waals surface area contributed by atoms with Crippen LogP contribution in [0.1, 0.15) is 15.2 Å². The molecule has 0 saturated heterocycles. The lowest BCUT2D eigenvalue weighted by Crippen LogP contribution is -2.70. The number of carboxylic acid groups (broad SMARTS) is 2. The van der Waals surface area contributed by atoms with Crippen LogP contribution in [0.4, 0.5) is 0 Å². The summed E-state index contributed by atoms with van der Waals surface area (Å²) in [6.45, 7) is -0.533. The van der Waals surface area contributed by atoms with Crippen molar-refractivity contribution in [2.75, 3.05) is 0 Å². The highest BCUT2D eigenvalue weighted by Crippen LogP contribution is 2.18. The largest absolute Gasteiger partial charge is 0.544 e. The first-order valence-electron chi connectivity index (χ1n) is 7.32. The van der Waals surface area contributed by atoms with E-state index in [1.807, 2.05) is 0 Å². The van der Waals surface area contributed by atoms with Gasteiger partial charge in [-0.05, 0) is 17.0 Å². The third kappa shape index (κ3) is 3.07. The third-order valence-corrected chi connectivity index (χ3v) is 5.53. The molecule has 0 spiro atoms. The monoisotopic (exact) mass is 394 g/mol. The van der Waals surface area contributed by atoms with Crippen LogP contribution in [0.15, 0.2) is 31.8 Å². The lowest BCUT2D eigenvalue weighted by Gasteiger charge is -2.15. The van der Waals surface area contributed by atoms with Crippen molar-refractivity contribution in [3.63, 3.8) is 0 Å². The van der Waals surface area contributed by atoms with Gasteiger partial charge in [-0.15, -0.1) is 22.7 Å². The maximum Gasteiger partial charge on any atom is 0.332 e. The predicted molar refractivity (Wildman–Crippen MR) is 89.8 cm³/mol. The second-order valence-electron chi connectivity index (χ2n) is 5.53. The number of thiophene rings is 2. The first-order chi connectivity index (χ1) is 12.3. The minimum absolute atomic E-state index is 0.0713. The average Bonchev–Trinajstić information content (AvgIpc) is 3.24.